The van der Waals surface area contributed by atoms with E-state index in [9.17, 15) is 4.79 Å². The van der Waals surface area contributed by atoms with E-state index in [1.165, 1.54) is 6.26 Å². The van der Waals surface area contributed by atoms with Crippen molar-refractivity contribution in [1.82, 2.24) is 5.43 Å². The number of benzene rings is 1. The highest BCUT2D eigenvalue weighted by molar-refractivity contribution is 6.01. The van der Waals surface area contributed by atoms with E-state index < -0.39 is 5.91 Å². The number of hydrazone groups is 1. The second-order valence-corrected chi connectivity index (χ2v) is 4.26. The topological polar surface area (TPSA) is 67.7 Å². The quantitative estimate of drug-likeness (QED) is 0.586. The van der Waals surface area contributed by atoms with Crippen molar-refractivity contribution in [1.29, 1.82) is 0 Å². The van der Waals surface area contributed by atoms with E-state index in [0.29, 0.717) is 11.5 Å². The van der Waals surface area contributed by atoms with Gasteiger partial charge in [-0.2, -0.15) is 5.10 Å². The van der Waals surface area contributed by atoms with Crippen LogP contribution in [0.1, 0.15) is 23.2 Å². The lowest BCUT2D eigenvalue weighted by Gasteiger charge is -1.97. The molecular weight excluding hydrogens is 256 g/mol. The first-order chi connectivity index (χ1) is 9.74. The molecule has 0 fully saturated rings. The fourth-order valence-electron chi connectivity index (χ4n) is 1.81. The van der Waals surface area contributed by atoms with Crippen LogP contribution in [0.2, 0.25) is 0 Å². The molecule has 1 amide bonds. The van der Waals surface area contributed by atoms with Crippen molar-refractivity contribution in [2.45, 2.75) is 6.92 Å². The van der Waals surface area contributed by atoms with Crippen LogP contribution in [-0.4, -0.2) is 11.6 Å². The first-order valence-electron chi connectivity index (χ1n) is 6.11. The monoisotopic (exact) mass is 268 g/mol. The Balaban J connectivity index is 1.79. The first kappa shape index (κ1) is 12.2. The summed E-state index contributed by atoms with van der Waals surface area (Å²) >= 11 is 0. The van der Waals surface area contributed by atoms with Gasteiger partial charge >= 0.3 is 5.91 Å². The van der Waals surface area contributed by atoms with Crippen LogP contribution in [-0.2, 0) is 0 Å². The van der Waals surface area contributed by atoms with Gasteiger partial charge in [-0.15, -0.1) is 0 Å². The zero-order chi connectivity index (χ0) is 13.9. The molecule has 3 aromatic rings. The average Bonchev–Trinajstić information content (AvgIpc) is 3.12. The van der Waals surface area contributed by atoms with Gasteiger partial charge in [-0.3, -0.25) is 4.79 Å². The number of nitrogens with one attached hydrogen (secondary N) is 1. The summed E-state index contributed by atoms with van der Waals surface area (Å²) in [5.74, 6) is 0.433. The molecule has 0 aliphatic heterocycles. The molecule has 1 N–H and O–H groups in total. The molecule has 2 heterocycles. The Labute approximate surface area is 114 Å². The maximum Gasteiger partial charge on any atom is 0.307 e. The molecule has 0 saturated carbocycles. The summed E-state index contributed by atoms with van der Waals surface area (Å²) in [6.07, 6.45) is 1.44. The van der Waals surface area contributed by atoms with Crippen molar-refractivity contribution in [3.05, 3.63) is 60.2 Å². The van der Waals surface area contributed by atoms with E-state index in [2.05, 4.69) is 10.5 Å². The Morgan fingerprint density at radius 3 is 2.75 bits per heavy atom. The maximum atomic E-state index is 11.7. The molecule has 5 nitrogen and oxygen atoms in total. The number of amides is 1. The van der Waals surface area contributed by atoms with Crippen molar-refractivity contribution in [3.8, 4) is 0 Å². The van der Waals surface area contributed by atoms with E-state index in [-0.39, 0.29) is 5.76 Å². The SMILES string of the molecule is C/C(=N\NC(=O)c1ccco1)c1cc2ccccc2o1. The number of hydrogen-bond donors (Lipinski definition) is 1. The predicted octanol–water partition coefficient (Wildman–Crippen LogP) is 3.18. The zero-order valence-electron chi connectivity index (χ0n) is 10.8. The van der Waals surface area contributed by atoms with Gasteiger partial charge in [0.15, 0.2) is 11.5 Å². The lowest BCUT2D eigenvalue weighted by molar-refractivity contribution is 0.0927. The second-order valence-electron chi connectivity index (χ2n) is 4.26. The number of furan rings is 2. The lowest BCUT2D eigenvalue weighted by Crippen LogP contribution is -2.18. The van der Waals surface area contributed by atoms with Crippen LogP contribution in [0.5, 0.6) is 0 Å². The molecule has 100 valence electrons. The smallest absolute Gasteiger partial charge is 0.307 e. The minimum absolute atomic E-state index is 0.214. The van der Waals surface area contributed by atoms with E-state index in [1.54, 1.807) is 19.1 Å². The molecule has 0 aliphatic carbocycles. The minimum atomic E-state index is -0.398. The van der Waals surface area contributed by atoms with E-state index in [1.807, 2.05) is 30.3 Å². The average molecular weight is 268 g/mol. The molecule has 0 atom stereocenters. The van der Waals surface area contributed by atoms with Crippen LogP contribution in [0.3, 0.4) is 0 Å². The van der Waals surface area contributed by atoms with Gasteiger partial charge in [0.05, 0.1) is 6.26 Å². The number of nitrogens with zero attached hydrogens (tertiary/aromatic N) is 1. The number of carbonyl (C=O) groups is 1. The zero-order valence-corrected chi connectivity index (χ0v) is 10.8. The third-order valence-electron chi connectivity index (χ3n) is 2.85. The molecule has 2 aromatic heterocycles. The number of para-hydroxylation sites is 1. The Morgan fingerprint density at radius 2 is 2.00 bits per heavy atom. The molecule has 0 radical (unpaired) electrons. The Hall–Kier alpha value is -2.82. The van der Waals surface area contributed by atoms with Crippen LogP contribution in [0.25, 0.3) is 11.0 Å². The molecule has 0 saturated heterocycles. The molecule has 0 unspecified atom stereocenters. The Morgan fingerprint density at radius 1 is 1.15 bits per heavy atom. The van der Waals surface area contributed by atoms with E-state index in [0.717, 1.165) is 11.0 Å². The van der Waals surface area contributed by atoms with Gasteiger partial charge in [-0.25, -0.2) is 5.43 Å². The molecule has 0 spiro atoms. The van der Waals surface area contributed by atoms with Crippen molar-refractivity contribution in [3.63, 3.8) is 0 Å². The van der Waals surface area contributed by atoms with Crippen molar-refractivity contribution in [2.75, 3.05) is 0 Å². The highest BCUT2D eigenvalue weighted by atomic mass is 16.3. The van der Waals surface area contributed by atoms with Crippen LogP contribution >= 0.6 is 0 Å². The third-order valence-corrected chi connectivity index (χ3v) is 2.85. The summed E-state index contributed by atoms with van der Waals surface area (Å²) in [6.45, 7) is 1.76. The summed E-state index contributed by atoms with van der Waals surface area (Å²) in [5.41, 5.74) is 3.79. The number of carbonyl (C=O) groups excluding carboxylic acids is 1. The summed E-state index contributed by atoms with van der Waals surface area (Å²) in [5, 5.41) is 5.00. The van der Waals surface area contributed by atoms with Gasteiger partial charge in [0.1, 0.15) is 11.3 Å². The third kappa shape index (κ3) is 2.33. The van der Waals surface area contributed by atoms with Gasteiger partial charge in [0, 0.05) is 5.39 Å². The van der Waals surface area contributed by atoms with Crippen molar-refractivity contribution < 1.29 is 13.6 Å². The maximum absolute atomic E-state index is 11.7. The number of rotatable bonds is 3. The van der Waals surface area contributed by atoms with Gasteiger partial charge in [-0.05, 0) is 31.2 Å². The lowest BCUT2D eigenvalue weighted by atomic mass is 10.2. The highest BCUT2D eigenvalue weighted by Crippen LogP contribution is 2.19. The highest BCUT2D eigenvalue weighted by Gasteiger charge is 2.09. The summed E-state index contributed by atoms with van der Waals surface area (Å²) in [6, 6.07) is 12.8. The predicted molar refractivity (Wildman–Crippen MR) is 74.6 cm³/mol. The number of hydrogen-bond acceptors (Lipinski definition) is 4. The second kappa shape index (κ2) is 5.05. The summed E-state index contributed by atoms with van der Waals surface area (Å²) < 4.78 is 10.6. The van der Waals surface area contributed by atoms with Gasteiger partial charge in [0.25, 0.3) is 0 Å². The molecule has 20 heavy (non-hydrogen) atoms. The Bertz CT molecular complexity index is 736. The minimum Gasteiger partial charge on any atom is -0.459 e. The molecule has 1 aromatic carbocycles. The van der Waals surface area contributed by atoms with Crippen LogP contribution in [0.15, 0.2) is 62.7 Å². The molecule has 3 rings (SSSR count). The molecular formula is C15H12N2O3. The normalized spacial score (nSPS) is 11.8. The Kier molecular flexibility index (Phi) is 3.09. The molecule has 0 bridgehead atoms. The summed E-state index contributed by atoms with van der Waals surface area (Å²) in [7, 11) is 0. The van der Waals surface area contributed by atoms with Crippen LogP contribution < -0.4 is 5.43 Å². The van der Waals surface area contributed by atoms with E-state index in [4.69, 9.17) is 8.83 Å². The number of fused-ring (bicyclic) bond motifs is 1. The van der Waals surface area contributed by atoms with Crippen LogP contribution in [0, 0.1) is 0 Å². The van der Waals surface area contributed by atoms with Gasteiger partial charge < -0.3 is 8.83 Å². The van der Waals surface area contributed by atoms with E-state index >= 15 is 0 Å². The fourth-order valence-corrected chi connectivity index (χ4v) is 1.81. The standard InChI is InChI=1S/C15H12N2O3/c1-10(16-17-15(18)13-7-4-8-19-13)14-9-11-5-2-3-6-12(11)20-14/h2-9H,1H3,(H,17,18)/b16-10+. The van der Waals surface area contributed by atoms with Crippen molar-refractivity contribution >= 4 is 22.6 Å². The van der Waals surface area contributed by atoms with Gasteiger partial charge in [0.2, 0.25) is 0 Å². The summed E-state index contributed by atoms with van der Waals surface area (Å²) in [4.78, 5) is 11.7. The van der Waals surface area contributed by atoms with Crippen molar-refractivity contribution in [2.24, 2.45) is 5.10 Å². The molecule has 5 heteroatoms. The first-order valence-corrected chi connectivity index (χ1v) is 6.11. The fraction of sp³-hybridized carbons (Fsp3) is 0.0667. The van der Waals surface area contributed by atoms with Gasteiger partial charge in [-0.1, -0.05) is 18.2 Å². The largest absolute Gasteiger partial charge is 0.459 e. The van der Waals surface area contributed by atoms with Crippen LogP contribution in [0.4, 0.5) is 0 Å². The molecule has 0 aliphatic rings.